The van der Waals surface area contributed by atoms with Crippen LogP contribution >= 0.6 is 0 Å². The number of hydrogen-bond acceptors (Lipinski definition) is 4. The second kappa shape index (κ2) is 2.44. The van der Waals surface area contributed by atoms with Gasteiger partial charge in [0.05, 0.1) is 6.20 Å². The van der Waals surface area contributed by atoms with Gasteiger partial charge in [0.2, 0.25) is 5.88 Å². The number of aromatic nitrogens is 2. The van der Waals surface area contributed by atoms with Crippen molar-refractivity contribution < 1.29 is 9.53 Å². The number of nitrogens with one attached hydrogen (secondary N) is 1. The van der Waals surface area contributed by atoms with Gasteiger partial charge in [-0.1, -0.05) is 0 Å². The Kier molecular flexibility index (Phi) is 1.43. The third kappa shape index (κ3) is 0.990. The summed E-state index contributed by atoms with van der Waals surface area (Å²) in [5, 5.41) is 2.62. The summed E-state index contributed by atoms with van der Waals surface area (Å²) < 4.78 is 5.18. The Morgan fingerprint density at radius 1 is 1.67 bits per heavy atom. The monoisotopic (exact) mass is 165 g/mol. The fraction of sp³-hybridized carbons (Fsp3) is 0.286. The molecule has 0 spiro atoms. The topological polar surface area (TPSA) is 64.1 Å². The van der Waals surface area contributed by atoms with Gasteiger partial charge in [0.15, 0.2) is 6.10 Å². The van der Waals surface area contributed by atoms with Crippen LogP contribution in [0.15, 0.2) is 12.5 Å². The van der Waals surface area contributed by atoms with Gasteiger partial charge in [0, 0.05) is 0 Å². The minimum atomic E-state index is -0.479. The summed E-state index contributed by atoms with van der Waals surface area (Å²) >= 11 is 0. The summed E-state index contributed by atoms with van der Waals surface area (Å²) in [7, 11) is 0. The number of carbonyl (C=O) groups is 1. The highest BCUT2D eigenvalue weighted by molar-refractivity contribution is 5.96. The molecular formula is C7H7N3O2. The Labute approximate surface area is 68.8 Å². The molecule has 0 radical (unpaired) electrons. The van der Waals surface area contributed by atoms with E-state index in [-0.39, 0.29) is 5.91 Å². The van der Waals surface area contributed by atoms with Crippen molar-refractivity contribution in [2.45, 2.75) is 13.0 Å². The maximum Gasteiger partial charge on any atom is 0.265 e. The Morgan fingerprint density at radius 2 is 2.50 bits per heavy atom. The predicted molar refractivity (Wildman–Crippen MR) is 40.8 cm³/mol. The molecule has 0 saturated heterocycles. The molecule has 0 aromatic carbocycles. The van der Waals surface area contributed by atoms with E-state index in [1.165, 1.54) is 12.5 Å². The molecule has 12 heavy (non-hydrogen) atoms. The van der Waals surface area contributed by atoms with Crippen LogP contribution < -0.4 is 10.1 Å². The number of rotatable bonds is 0. The quantitative estimate of drug-likeness (QED) is 0.596. The fourth-order valence-electron chi connectivity index (χ4n) is 0.953. The third-order valence-electron chi connectivity index (χ3n) is 1.59. The average molecular weight is 165 g/mol. The van der Waals surface area contributed by atoms with Crippen molar-refractivity contribution in [3.8, 4) is 5.88 Å². The van der Waals surface area contributed by atoms with Gasteiger partial charge >= 0.3 is 0 Å². The molecule has 0 unspecified atom stereocenters. The summed E-state index contributed by atoms with van der Waals surface area (Å²) in [6.07, 6.45) is 2.40. The number of anilines is 1. The third-order valence-corrected chi connectivity index (χ3v) is 1.59. The van der Waals surface area contributed by atoms with Crippen LogP contribution in [-0.4, -0.2) is 22.0 Å². The highest BCUT2D eigenvalue weighted by atomic mass is 16.5. The molecule has 1 aromatic rings. The van der Waals surface area contributed by atoms with Gasteiger partial charge < -0.3 is 10.1 Å². The number of nitrogens with zero attached hydrogens (tertiary/aromatic N) is 2. The van der Waals surface area contributed by atoms with E-state index in [1.807, 2.05) is 0 Å². The van der Waals surface area contributed by atoms with E-state index in [0.29, 0.717) is 11.6 Å². The molecule has 1 aliphatic rings. The van der Waals surface area contributed by atoms with Crippen LogP contribution in [-0.2, 0) is 4.79 Å². The molecule has 5 nitrogen and oxygen atoms in total. The van der Waals surface area contributed by atoms with Gasteiger partial charge in [-0.25, -0.2) is 4.98 Å². The van der Waals surface area contributed by atoms with Crippen molar-refractivity contribution in [2.75, 3.05) is 5.32 Å². The SMILES string of the molecule is C[C@H]1Oc2ncncc2NC1=O. The zero-order valence-electron chi connectivity index (χ0n) is 6.44. The Balaban J connectivity index is 2.40. The van der Waals surface area contributed by atoms with Crippen LogP contribution in [0.5, 0.6) is 5.88 Å². The van der Waals surface area contributed by atoms with Crippen LogP contribution in [0.1, 0.15) is 6.92 Å². The number of carbonyl (C=O) groups excluding carboxylic acids is 1. The Hall–Kier alpha value is -1.65. The first kappa shape index (κ1) is 7.02. The maximum absolute atomic E-state index is 11.1. The van der Waals surface area contributed by atoms with Gasteiger partial charge in [-0.05, 0) is 6.92 Å². The second-order valence-electron chi connectivity index (χ2n) is 2.49. The lowest BCUT2D eigenvalue weighted by atomic mass is 10.3. The van der Waals surface area contributed by atoms with Crippen molar-refractivity contribution in [1.82, 2.24) is 9.97 Å². The van der Waals surface area contributed by atoms with Crippen molar-refractivity contribution in [3.63, 3.8) is 0 Å². The summed E-state index contributed by atoms with van der Waals surface area (Å²) in [5.41, 5.74) is 0.528. The largest absolute Gasteiger partial charge is 0.463 e. The van der Waals surface area contributed by atoms with Crippen LogP contribution in [0.25, 0.3) is 0 Å². The van der Waals surface area contributed by atoms with Crippen molar-refractivity contribution in [2.24, 2.45) is 0 Å². The molecule has 2 rings (SSSR count). The molecule has 0 saturated carbocycles. The van der Waals surface area contributed by atoms with E-state index in [2.05, 4.69) is 15.3 Å². The normalized spacial score (nSPS) is 20.8. The minimum Gasteiger partial charge on any atom is -0.463 e. The zero-order chi connectivity index (χ0) is 8.55. The number of amides is 1. The number of fused-ring (bicyclic) bond motifs is 1. The molecule has 5 heteroatoms. The van der Waals surface area contributed by atoms with Crippen molar-refractivity contribution in [3.05, 3.63) is 12.5 Å². The van der Waals surface area contributed by atoms with Crippen molar-refractivity contribution >= 4 is 11.6 Å². The first-order chi connectivity index (χ1) is 5.77. The predicted octanol–water partition coefficient (Wildman–Crippen LogP) is 0.196. The highest BCUT2D eigenvalue weighted by Crippen LogP contribution is 2.24. The van der Waals surface area contributed by atoms with E-state index < -0.39 is 6.10 Å². The van der Waals surface area contributed by atoms with Crippen LogP contribution in [0.2, 0.25) is 0 Å². The molecule has 0 bridgehead atoms. The lowest BCUT2D eigenvalue weighted by Crippen LogP contribution is -2.34. The van der Waals surface area contributed by atoms with Crippen LogP contribution in [0, 0.1) is 0 Å². The minimum absolute atomic E-state index is 0.169. The Bertz CT molecular complexity index is 326. The van der Waals surface area contributed by atoms with E-state index in [4.69, 9.17) is 4.74 Å². The molecule has 1 atom stereocenters. The number of ether oxygens (including phenoxy) is 1. The summed E-state index contributed by atoms with van der Waals surface area (Å²) in [6.45, 7) is 1.67. The smallest absolute Gasteiger partial charge is 0.265 e. The van der Waals surface area contributed by atoms with E-state index in [1.54, 1.807) is 6.92 Å². The average Bonchev–Trinajstić information content (AvgIpc) is 2.07. The molecule has 1 aliphatic heterocycles. The first-order valence-electron chi connectivity index (χ1n) is 3.55. The first-order valence-corrected chi connectivity index (χ1v) is 3.55. The van der Waals surface area contributed by atoms with E-state index >= 15 is 0 Å². The lowest BCUT2D eigenvalue weighted by Gasteiger charge is -2.20. The van der Waals surface area contributed by atoms with Gasteiger partial charge in [0.25, 0.3) is 5.91 Å². The standard InChI is InChI=1S/C7H7N3O2/c1-4-6(11)10-5-2-8-3-9-7(5)12-4/h2-4H,1H3,(H,10,11)/t4-/m1/s1. The maximum atomic E-state index is 11.1. The molecule has 1 N–H and O–H groups in total. The van der Waals surface area contributed by atoms with Gasteiger partial charge in [0.1, 0.15) is 12.0 Å². The molecule has 2 heterocycles. The molecule has 0 aliphatic carbocycles. The summed E-state index contributed by atoms with van der Waals surface area (Å²) in [4.78, 5) is 18.7. The van der Waals surface area contributed by atoms with Crippen LogP contribution in [0.3, 0.4) is 0 Å². The molecule has 62 valence electrons. The Morgan fingerprint density at radius 3 is 3.33 bits per heavy atom. The van der Waals surface area contributed by atoms with E-state index in [9.17, 15) is 4.79 Å². The number of hydrogen-bond donors (Lipinski definition) is 1. The van der Waals surface area contributed by atoms with Crippen LogP contribution in [0.4, 0.5) is 5.69 Å². The van der Waals surface area contributed by atoms with Gasteiger partial charge in [-0.2, -0.15) is 4.98 Å². The molecule has 1 aromatic heterocycles. The fourth-order valence-corrected chi connectivity index (χ4v) is 0.953. The van der Waals surface area contributed by atoms with E-state index in [0.717, 1.165) is 0 Å². The summed E-state index contributed by atoms with van der Waals surface area (Å²) in [6, 6.07) is 0. The molecule has 1 amide bonds. The van der Waals surface area contributed by atoms with Gasteiger partial charge in [-0.3, -0.25) is 4.79 Å². The summed E-state index contributed by atoms with van der Waals surface area (Å²) in [5.74, 6) is 0.259. The van der Waals surface area contributed by atoms with Gasteiger partial charge in [-0.15, -0.1) is 0 Å². The zero-order valence-corrected chi connectivity index (χ0v) is 6.44. The highest BCUT2D eigenvalue weighted by Gasteiger charge is 2.23. The lowest BCUT2D eigenvalue weighted by molar-refractivity contribution is -0.122. The van der Waals surface area contributed by atoms with Crippen molar-refractivity contribution in [1.29, 1.82) is 0 Å². The molecule has 0 fully saturated rings. The molecular weight excluding hydrogens is 158 g/mol. The second-order valence-corrected chi connectivity index (χ2v) is 2.49.